The van der Waals surface area contributed by atoms with Gasteiger partial charge in [0.15, 0.2) is 0 Å². The van der Waals surface area contributed by atoms with E-state index in [2.05, 4.69) is 29.6 Å². The molecule has 2 aliphatic rings. The number of rotatable bonds is 8. The van der Waals surface area contributed by atoms with Crippen molar-refractivity contribution < 1.29 is 29.0 Å². The molecule has 2 aromatic rings. The Labute approximate surface area is 198 Å². The minimum atomic E-state index is -0.811. The molecular weight excluding hydrogens is 436 g/mol. The highest BCUT2D eigenvalue weighted by Gasteiger charge is 2.32. The van der Waals surface area contributed by atoms with E-state index in [0.29, 0.717) is 19.4 Å². The second-order valence-corrected chi connectivity index (χ2v) is 8.80. The number of carbonyl (C=O) groups excluding carboxylic acids is 2. The first kappa shape index (κ1) is 23.8. The van der Waals surface area contributed by atoms with E-state index < -0.39 is 18.0 Å². The van der Waals surface area contributed by atoms with Gasteiger partial charge in [-0.3, -0.25) is 9.59 Å². The highest BCUT2D eigenvalue weighted by Crippen LogP contribution is 2.44. The number of amides is 2. The smallest absolute Gasteiger partial charge is 0.407 e. The first-order valence-corrected chi connectivity index (χ1v) is 11.6. The van der Waals surface area contributed by atoms with Crippen molar-refractivity contribution in [1.29, 1.82) is 0 Å². The molecule has 1 aliphatic heterocycles. The summed E-state index contributed by atoms with van der Waals surface area (Å²) in [5.41, 5.74) is 4.65. The summed E-state index contributed by atoms with van der Waals surface area (Å²) in [4.78, 5) is 37.4. The Bertz CT molecular complexity index is 1010. The lowest BCUT2D eigenvalue weighted by atomic mass is 9.92. The Morgan fingerprint density at radius 1 is 1.06 bits per heavy atom. The lowest BCUT2D eigenvalue weighted by Crippen LogP contribution is -2.47. The number of alkyl carbamates (subject to hydrolysis) is 1. The van der Waals surface area contributed by atoms with E-state index in [9.17, 15) is 14.4 Å². The van der Waals surface area contributed by atoms with E-state index >= 15 is 0 Å². The van der Waals surface area contributed by atoms with E-state index in [0.717, 1.165) is 11.1 Å². The van der Waals surface area contributed by atoms with Crippen LogP contribution in [0, 0.1) is 5.92 Å². The van der Waals surface area contributed by atoms with Gasteiger partial charge < -0.3 is 24.8 Å². The van der Waals surface area contributed by atoms with Gasteiger partial charge in [-0.2, -0.15) is 0 Å². The Hall–Kier alpha value is -3.39. The predicted octanol–water partition coefficient (Wildman–Crippen LogP) is 3.25. The van der Waals surface area contributed by atoms with Crippen LogP contribution in [0.1, 0.15) is 36.8 Å². The summed E-state index contributed by atoms with van der Waals surface area (Å²) in [6.07, 6.45) is 0.375. The number of carbonyl (C=O) groups is 3. The summed E-state index contributed by atoms with van der Waals surface area (Å²) in [6, 6.07) is 16.2. The number of benzene rings is 2. The van der Waals surface area contributed by atoms with Crippen LogP contribution in [-0.4, -0.2) is 66.9 Å². The number of carboxylic acids is 1. The third kappa shape index (κ3) is 5.22. The fourth-order valence-electron chi connectivity index (χ4n) is 4.88. The van der Waals surface area contributed by atoms with Crippen LogP contribution in [0.15, 0.2) is 48.5 Å². The van der Waals surface area contributed by atoms with Crippen LogP contribution in [0.4, 0.5) is 4.79 Å². The first-order valence-electron chi connectivity index (χ1n) is 11.6. The Kier molecular flexibility index (Phi) is 7.47. The second-order valence-electron chi connectivity index (χ2n) is 8.80. The van der Waals surface area contributed by atoms with Gasteiger partial charge in [-0.05, 0) is 42.0 Å². The zero-order chi connectivity index (χ0) is 24.1. The monoisotopic (exact) mass is 466 g/mol. The molecular formula is C26H30N2O6. The molecule has 1 saturated heterocycles. The van der Waals surface area contributed by atoms with Crippen molar-refractivity contribution >= 4 is 18.0 Å². The van der Waals surface area contributed by atoms with Gasteiger partial charge in [-0.15, -0.1) is 0 Å². The maximum Gasteiger partial charge on any atom is 0.407 e. The maximum absolute atomic E-state index is 12.4. The maximum atomic E-state index is 12.4. The number of hydrogen-bond donors (Lipinski definition) is 2. The third-order valence-electron chi connectivity index (χ3n) is 6.63. The molecule has 1 fully saturated rings. The average Bonchev–Trinajstić information content (AvgIpc) is 3.16. The molecule has 8 heteroatoms. The predicted molar refractivity (Wildman–Crippen MR) is 125 cm³/mol. The van der Waals surface area contributed by atoms with Crippen molar-refractivity contribution in [3.63, 3.8) is 0 Å². The van der Waals surface area contributed by atoms with Gasteiger partial charge in [0.2, 0.25) is 5.91 Å². The molecule has 1 aliphatic carbocycles. The van der Waals surface area contributed by atoms with Crippen LogP contribution < -0.4 is 5.32 Å². The minimum absolute atomic E-state index is 0.000668. The molecule has 4 rings (SSSR count). The van der Waals surface area contributed by atoms with Crippen LogP contribution in [0.25, 0.3) is 11.1 Å². The van der Waals surface area contributed by atoms with Gasteiger partial charge in [0.1, 0.15) is 13.2 Å². The first-order chi connectivity index (χ1) is 16.5. The molecule has 2 aromatic carbocycles. The van der Waals surface area contributed by atoms with Crippen LogP contribution in [0.3, 0.4) is 0 Å². The van der Waals surface area contributed by atoms with Crippen LogP contribution >= 0.6 is 0 Å². The summed E-state index contributed by atoms with van der Waals surface area (Å²) in [6.45, 7) is 2.80. The Morgan fingerprint density at radius 2 is 1.71 bits per heavy atom. The van der Waals surface area contributed by atoms with E-state index in [-0.39, 0.29) is 44.2 Å². The zero-order valence-electron chi connectivity index (χ0n) is 19.2. The fourth-order valence-corrected chi connectivity index (χ4v) is 4.88. The summed E-state index contributed by atoms with van der Waals surface area (Å²) in [7, 11) is 0. The summed E-state index contributed by atoms with van der Waals surface area (Å²) in [5.74, 6) is -1.38. The van der Waals surface area contributed by atoms with Crippen molar-refractivity contribution in [2.45, 2.75) is 31.7 Å². The Morgan fingerprint density at radius 3 is 2.32 bits per heavy atom. The summed E-state index contributed by atoms with van der Waals surface area (Å²) in [5, 5.41) is 11.8. The van der Waals surface area contributed by atoms with Crippen molar-refractivity contribution in [3.05, 3.63) is 59.7 Å². The molecule has 0 aromatic heterocycles. The van der Waals surface area contributed by atoms with Crippen molar-refractivity contribution in [3.8, 4) is 11.1 Å². The molecule has 2 atom stereocenters. The quantitative estimate of drug-likeness (QED) is 0.579. The van der Waals surface area contributed by atoms with Crippen molar-refractivity contribution in [2.75, 3.05) is 32.9 Å². The number of fused-ring (bicyclic) bond motifs is 3. The standard InChI is InChI=1S/C26H30N2O6/c1-17-14-18(25(30)31)10-12-28(17)24(29)16-33-13-11-27-26(32)34-15-23-21-8-4-2-6-19(21)20-7-3-5-9-22(20)23/h2-9,17-18,23H,10-16H2,1H3,(H,27,32)(H,30,31)/t17-,18-/m0/s1. The lowest BCUT2D eigenvalue weighted by molar-refractivity contribution is -0.149. The number of carboxylic acid groups (broad SMARTS) is 1. The Balaban J connectivity index is 1.16. The topological polar surface area (TPSA) is 105 Å². The van der Waals surface area contributed by atoms with Gasteiger partial charge in [0.25, 0.3) is 0 Å². The number of likely N-dealkylation sites (tertiary alicyclic amines) is 1. The largest absolute Gasteiger partial charge is 0.481 e. The van der Waals surface area contributed by atoms with E-state index in [1.807, 2.05) is 31.2 Å². The lowest BCUT2D eigenvalue weighted by Gasteiger charge is -2.36. The number of hydrogen-bond acceptors (Lipinski definition) is 5. The molecule has 8 nitrogen and oxygen atoms in total. The van der Waals surface area contributed by atoms with Gasteiger partial charge in [0.05, 0.1) is 12.5 Å². The van der Waals surface area contributed by atoms with Crippen LogP contribution in [0.5, 0.6) is 0 Å². The molecule has 180 valence electrons. The molecule has 2 N–H and O–H groups in total. The molecule has 0 spiro atoms. The normalized spacial score (nSPS) is 19.3. The van der Waals surface area contributed by atoms with E-state index in [4.69, 9.17) is 14.6 Å². The van der Waals surface area contributed by atoms with E-state index in [1.54, 1.807) is 4.90 Å². The molecule has 0 bridgehead atoms. The van der Waals surface area contributed by atoms with Gasteiger partial charge in [0, 0.05) is 25.0 Å². The minimum Gasteiger partial charge on any atom is -0.481 e. The molecule has 0 saturated carbocycles. The molecule has 1 heterocycles. The van der Waals surface area contributed by atoms with E-state index in [1.165, 1.54) is 11.1 Å². The number of ether oxygens (including phenoxy) is 2. The molecule has 2 amide bonds. The fraction of sp³-hybridized carbons (Fsp3) is 0.423. The van der Waals surface area contributed by atoms with Crippen molar-refractivity contribution in [1.82, 2.24) is 10.2 Å². The number of piperidine rings is 1. The number of aliphatic carboxylic acids is 1. The molecule has 34 heavy (non-hydrogen) atoms. The summed E-state index contributed by atoms with van der Waals surface area (Å²) < 4.78 is 10.9. The number of nitrogens with one attached hydrogen (secondary N) is 1. The van der Waals surface area contributed by atoms with Gasteiger partial charge in [-0.25, -0.2) is 4.79 Å². The van der Waals surface area contributed by atoms with Crippen LogP contribution in [0.2, 0.25) is 0 Å². The zero-order valence-corrected chi connectivity index (χ0v) is 19.2. The van der Waals surface area contributed by atoms with Crippen molar-refractivity contribution in [2.24, 2.45) is 5.92 Å². The SMILES string of the molecule is C[C@H]1C[C@@H](C(=O)O)CCN1C(=O)COCCNC(=O)OCC1c2ccccc2-c2ccccc21. The second kappa shape index (κ2) is 10.7. The number of nitrogens with zero attached hydrogens (tertiary/aromatic N) is 1. The third-order valence-corrected chi connectivity index (χ3v) is 6.63. The molecule has 0 unspecified atom stereocenters. The van der Waals surface area contributed by atoms with Crippen LogP contribution in [-0.2, 0) is 19.1 Å². The molecule has 0 radical (unpaired) electrons. The highest BCUT2D eigenvalue weighted by molar-refractivity contribution is 5.79. The van der Waals surface area contributed by atoms with Gasteiger partial charge >= 0.3 is 12.1 Å². The highest BCUT2D eigenvalue weighted by atomic mass is 16.5. The average molecular weight is 467 g/mol. The van der Waals surface area contributed by atoms with Gasteiger partial charge in [-0.1, -0.05) is 48.5 Å². The summed E-state index contributed by atoms with van der Waals surface area (Å²) >= 11 is 0.